The fraction of sp³-hybridized carbons (Fsp3) is 0.364. The number of halogens is 2. The summed E-state index contributed by atoms with van der Waals surface area (Å²) in [6.45, 7) is 0. The van der Waals surface area contributed by atoms with E-state index in [0.717, 1.165) is 12.1 Å². The number of nitrogens with two attached hydrogens (primary N) is 1. The summed E-state index contributed by atoms with van der Waals surface area (Å²) >= 11 is 0. The second-order valence-electron chi connectivity index (χ2n) is 4.18. The van der Waals surface area contributed by atoms with E-state index in [2.05, 4.69) is 0 Å². The largest absolute Gasteiger partial charge is 0.350 e. The van der Waals surface area contributed by atoms with Crippen LogP contribution in [0.1, 0.15) is 24.3 Å². The SMILES string of the molecule is NC(=O)N(O)C1CC(c2ccc(F)c(F)c2)C1. The van der Waals surface area contributed by atoms with Crippen LogP contribution in [0.25, 0.3) is 0 Å². The predicted octanol–water partition coefficient (Wildman–Crippen LogP) is 1.98. The molecule has 1 aliphatic carbocycles. The number of hydroxylamine groups is 2. The van der Waals surface area contributed by atoms with E-state index in [1.807, 2.05) is 0 Å². The average Bonchev–Trinajstić information content (AvgIpc) is 2.20. The Morgan fingerprint density at radius 3 is 2.53 bits per heavy atom. The normalized spacial score (nSPS) is 23.0. The Labute approximate surface area is 96.6 Å². The number of primary amides is 1. The second kappa shape index (κ2) is 4.29. The molecule has 1 saturated carbocycles. The van der Waals surface area contributed by atoms with Crippen LogP contribution in [0.2, 0.25) is 0 Å². The number of rotatable bonds is 2. The number of carbonyl (C=O) groups is 1. The number of hydrogen-bond donors (Lipinski definition) is 2. The number of urea groups is 1. The van der Waals surface area contributed by atoms with Crippen LogP contribution in [-0.4, -0.2) is 22.3 Å². The first-order valence-electron chi connectivity index (χ1n) is 5.21. The van der Waals surface area contributed by atoms with Crippen LogP contribution in [0.4, 0.5) is 13.6 Å². The molecule has 0 unspecified atom stereocenters. The van der Waals surface area contributed by atoms with E-state index in [-0.39, 0.29) is 12.0 Å². The summed E-state index contributed by atoms with van der Waals surface area (Å²) in [6, 6.07) is 2.47. The third-order valence-electron chi connectivity index (χ3n) is 3.10. The molecule has 1 fully saturated rings. The minimum atomic E-state index is -0.904. The van der Waals surface area contributed by atoms with Crippen LogP contribution in [0, 0.1) is 11.6 Å². The van der Waals surface area contributed by atoms with Gasteiger partial charge in [-0.15, -0.1) is 0 Å². The maximum absolute atomic E-state index is 13.0. The number of amides is 2. The number of benzene rings is 1. The fourth-order valence-electron chi connectivity index (χ4n) is 2.01. The van der Waals surface area contributed by atoms with Gasteiger partial charge >= 0.3 is 6.03 Å². The Hall–Kier alpha value is -1.69. The number of carbonyl (C=O) groups excluding carboxylic acids is 1. The van der Waals surface area contributed by atoms with Crippen LogP contribution < -0.4 is 5.73 Å². The van der Waals surface area contributed by atoms with Crippen molar-refractivity contribution in [3.05, 3.63) is 35.4 Å². The van der Waals surface area contributed by atoms with Crippen LogP contribution in [0.5, 0.6) is 0 Å². The maximum Gasteiger partial charge on any atom is 0.338 e. The van der Waals surface area contributed by atoms with E-state index < -0.39 is 17.7 Å². The van der Waals surface area contributed by atoms with Gasteiger partial charge in [-0.05, 0) is 36.5 Å². The standard InChI is InChI=1S/C11H12F2N2O2/c12-9-2-1-6(5-10(9)13)7-3-8(4-7)15(17)11(14)16/h1-2,5,7-8,17H,3-4H2,(H2,14,16). The van der Waals surface area contributed by atoms with Crippen LogP contribution >= 0.6 is 0 Å². The van der Waals surface area contributed by atoms with E-state index in [1.54, 1.807) is 0 Å². The van der Waals surface area contributed by atoms with Crippen molar-refractivity contribution >= 4 is 6.03 Å². The Morgan fingerprint density at radius 1 is 1.35 bits per heavy atom. The smallest absolute Gasteiger partial charge is 0.338 e. The third-order valence-corrected chi connectivity index (χ3v) is 3.10. The molecular weight excluding hydrogens is 230 g/mol. The summed E-state index contributed by atoms with van der Waals surface area (Å²) in [7, 11) is 0. The summed E-state index contributed by atoms with van der Waals surface area (Å²) in [6.07, 6.45) is 0.981. The molecule has 2 rings (SSSR count). The van der Waals surface area contributed by atoms with Crippen molar-refractivity contribution in [1.29, 1.82) is 0 Å². The topological polar surface area (TPSA) is 66.6 Å². The van der Waals surface area contributed by atoms with Crippen molar-refractivity contribution in [2.24, 2.45) is 5.73 Å². The van der Waals surface area contributed by atoms with E-state index >= 15 is 0 Å². The molecule has 0 spiro atoms. The Bertz CT molecular complexity index is 447. The molecule has 3 N–H and O–H groups in total. The quantitative estimate of drug-likeness (QED) is 0.615. The molecule has 6 heteroatoms. The first-order valence-corrected chi connectivity index (χ1v) is 5.21. The molecular formula is C11H12F2N2O2. The van der Waals surface area contributed by atoms with Gasteiger partial charge in [-0.25, -0.2) is 18.6 Å². The zero-order chi connectivity index (χ0) is 12.6. The van der Waals surface area contributed by atoms with Gasteiger partial charge in [0.1, 0.15) is 0 Å². The molecule has 1 aromatic carbocycles. The molecule has 0 aromatic heterocycles. The highest BCUT2D eigenvalue weighted by molar-refractivity contribution is 5.71. The third kappa shape index (κ3) is 2.21. The monoisotopic (exact) mass is 242 g/mol. The van der Waals surface area contributed by atoms with Gasteiger partial charge in [0.05, 0.1) is 6.04 Å². The van der Waals surface area contributed by atoms with Gasteiger partial charge in [0.2, 0.25) is 0 Å². The molecule has 92 valence electrons. The van der Waals surface area contributed by atoms with Crippen molar-refractivity contribution in [1.82, 2.24) is 5.06 Å². The fourth-order valence-corrected chi connectivity index (χ4v) is 2.01. The van der Waals surface area contributed by atoms with E-state index in [4.69, 9.17) is 5.73 Å². The summed E-state index contributed by atoms with van der Waals surface area (Å²) in [5, 5.41) is 9.72. The molecule has 0 heterocycles. The molecule has 4 nitrogen and oxygen atoms in total. The summed E-state index contributed by atoms with van der Waals surface area (Å²) in [5.41, 5.74) is 5.57. The lowest BCUT2D eigenvalue weighted by Crippen LogP contribution is -2.47. The number of hydrogen-bond acceptors (Lipinski definition) is 2. The molecule has 0 aliphatic heterocycles. The van der Waals surface area contributed by atoms with E-state index in [9.17, 15) is 18.8 Å². The second-order valence-corrected chi connectivity index (χ2v) is 4.18. The summed E-state index contributed by atoms with van der Waals surface area (Å²) in [4.78, 5) is 10.7. The van der Waals surface area contributed by atoms with Crippen molar-refractivity contribution in [3.8, 4) is 0 Å². The summed E-state index contributed by atoms with van der Waals surface area (Å²) in [5.74, 6) is -1.75. The van der Waals surface area contributed by atoms with Gasteiger partial charge < -0.3 is 5.73 Å². The highest BCUT2D eigenvalue weighted by atomic mass is 19.2. The minimum absolute atomic E-state index is 0.0177. The van der Waals surface area contributed by atoms with Gasteiger partial charge in [0, 0.05) is 0 Å². The van der Waals surface area contributed by atoms with Crippen LogP contribution in [-0.2, 0) is 0 Å². The molecule has 0 bridgehead atoms. The lowest BCUT2D eigenvalue weighted by Gasteiger charge is -2.39. The van der Waals surface area contributed by atoms with Gasteiger partial charge in [-0.2, -0.15) is 0 Å². The Kier molecular flexibility index (Phi) is 2.97. The van der Waals surface area contributed by atoms with Crippen molar-refractivity contribution in [2.75, 3.05) is 0 Å². The van der Waals surface area contributed by atoms with Crippen LogP contribution in [0.3, 0.4) is 0 Å². The lowest BCUT2D eigenvalue weighted by molar-refractivity contribution is -0.102. The van der Waals surface area contributed by atoms with E-state index in [0.29, 0.717) is 23.5 Å². The van der Waals surface area contributed by atoms with Gasteiger partial charge in [-0.1, -0.05) is 6.07 Å². The number of nitrogens with zero attached hydrogens (tertiary/aromatic N) is 1. The highest BCUT2D eigenvalue weighted by Crippen LogP contribution is 2.39. The first kappa shape index (κ1) is 11.8. The van der Waals surface area contributed by atoms with Gasteiger partial charge in [-0.3, -0.25) is 5.21 Å². The Balaban J connectivity index is 1.99. The first-order chi connectivity index (χ1) is 7.99. The predicted molar refractivity (Wildman–Crippen MR) is 55.3 cm³/mol. The average molecular weight is 242 g/mol. The summed E-state index contributed by atoms with van der Waals surface area (Å²) < 4.78 is 25.7. The maximum atomic E-state index is 13.0. The van der Waals surface area contributed by atoms with Crippen molar-refractivity contribution in [2.45, 2.75) is 24.8 Å². The molecule has 0 atom stereocenters. The van der Waals surface area contributed by atoms with Crippen LogP contribution in [0.15, 0.2) is 18.2 Å². The highest BCUT2D eigenvalue weighted by Gasteiger charge is 2.36. The molecule has 1 aliphatic rings. The zero-order valence-electron chi connectivity index (χ0n) is 8.94. The van der Waals surface area contributed by atoms with Crippen molar-refractivity contribution in [3.63, 3.8) is 0 Å². The minimum Gasteiger partial charge on any atom is -0.350 e. The van der Waals surface area contributed by atoms with Crippen molar-refractivity contribution < 1.29 is 18.8 Å². The van der Waals surface area contributed by atoms with Gasteiger partial charge in [0.25, 0.3) is 0 Å². The molecule has 17 heavy (non-hydrogen) atoms. The zero-order valence-corrected chi connectivity index (χ0v) is 8.94. The molecule has 2 amide bonds. The van der Waals surface area contributed by atoms with Gasteiger partial charge in [0.15, 0.2) is 11.6 Å². The molecule has 1 aromatic rings. The van der Waals surface area contributed by atoms with E-state index in [1.165, 1.54) is 6.07 Å². The Morgan fingerprint density at radius 2 is 2.00 bits per heavy atom. The molecule has 0 saturated heterocycles. The molecule has 0 radical (unpaired) electrons. The lowest BCUT2D eigenvalue weighted by atomic mass is 9.75.